The van der Waals surface area contributed by atoms with Gasteiger partial charge in [0, 0.05) is 28.8 Å². The number of rotatable bonds is 3. The van der Waals surface area contributed by atoms with Crippen LogP contribution in [0.15, 0.2) is 31.6 Å². The Hall–Kier alpha value is -2.29. The summed E-state index contributed by atoms with van der Waals surface area (Å²) in [5.41, 5.74) is -1.81. The molecule has 0 aromatic carbocycles. The van der Waals surface area contributed by atoms with E-state index in [2.05, 4.69) is 32.6 Å². The van der Waals surface area contributed by atoms with E-state index in [1.165, 1.54) is 12.4 Å². The molecule has 0 aliphatic heterocycles. The summed E-state index contributed by atoms with van der Waals surface area (Å²) < 4.78 is 0. The molecule has 2 rings (SSSR count). The molecule has 9 heteroatoms. The molecule has 8 nitrogen and oxygen atoms in total. The Morgan fingerprint density at radius 2 is 1.53 bits per heavy atom. The highest BCUT2D eigenvalue weighted by Crippen LogP contribution is 2.18. The number of aromatic amines is 4. The first-order valence-electron chi connectivity index (χ1n) is 5.28. The second-order valence-electron chi connectivity index (χ2n) is 3.84. The molecule has 1 atom stereocenters. The van der Waals surface area contributed by atoms with Crippen molar-refractivity contribution < 1.29 is 0 Å². The molecule has 4 N–H and O–H groups in total. The molecule has 0 radical (unpaired) electrons. The normalized spacial score (nSPS) is 12.3. The number of H-pyrrole nitrogens is 4. The second-order valence-corrected chi connectivity index (χ2v) is 4.47. The summed E-state index contributed by atoms with van der Waals surface area (Å²) in [6.45, 7) is 0. The fraction of sp³-hybridized carbons (Fsp3) is 0.200. The number of hydrogen-bond donors (Lipinski definition) is 5. The van der Waals surface area contributed by atoms with Crippen LogP contribution in [0.1, 0.15) is 16.4 Å². The minimum absolute atomic E-state index is 0.129. The highest BCUT2D eigenvalue weighted by molar-refractivity contribution is 7.80. The Kier molecular flexibility index (Phi) is 3.56. The molecule has 19 heavy (non-hydrogen) atoms. The predicted molar refractivity (Wildman–Crippen MR) is 70.8 cm³/mol. The highest BCUT2D eigenvalue weighted by atomic mass is 32.1. The van der Waals surface area contributed by atoms with E-state index in [1.807, 2.05) is 0 Å². The van der Waals surface area contributed by atoms with Crippen molar-refractivity contribution in [2.24, 2.45) is 0 Å². The molecule has 1 unspecified atom stereocenters. The molecular formula is C10H10N4O4S. The molecule has 2 aromatic heterocycles. The standard InChI is InChI=1S/C10H10N4O4S/c15-7-4(2-11-9(17)13-7)1-6(19)5-3-12-10(18)14-8(5)16/h2-3,6,19H,1H2,(H2,11,13,15,17)(H2,12,14,16,18). The van der Waals surface area contributed by atoms with Crippen molar-refractivity contribution in [3.8, 4) is 0 Å². The van der Waals surface area contributed by atoms with Crippen molar-refractivity contribution in [3.05, 3.63) is 65.2 Å². The largest absolute Gasteiger partial charge is 0.325 e. The van der Waals surface area contributed by atoms with Gasteiger partial charge in [0.1, 0.15) is 0 Å². The maximum atomic E-state index is 11.5. The molecule has 0 bridgehead atoms. The predicted octanol–water partition coefficient (Wildman–Crippen LogP) is -1.35. The molecule has 0 spiro atoms. The molecule has 100 valence electrons. The zero-order chi connectivity index (χ0) is 14.0. The maximum absolute atomic E-state index is 11.5. The zero-order valence-corrected chi connectivity index (χ0v) is 10.4. The van der Waals surface area contributed by atoms with Crippen LogP contribution in [0.4, 0.5) is 0 Å². The van der Waals surface area contributed by atoms with Crippen LogP contribution in [-0.4, -0.2) is 19.9 Å². The molecule has 0 amide bonds. The van der Waals surface area contributed by atoms with Crippen molar-refractivity contribution in [2.45, 2.75) is 11.7 Å². The van der Waals surface area contributed by atoms with Crippen LogP contribution in [0, 0.1) is 0 Å². The van der Waals surface area contributed by atoms with E-state index in [-0.39, 0.29) is 17.5 Å². The first-order chi connectivity index (χ1) is 8.97. The van der Waals surface area contributed by atoms with E-state index in [9.17, 15) is 19.2 Å². The van der Waals surface area contributed by atoms with Gasteiger partial charge in [-0.15, -0.1) is 0 Å². The van der Waals surface area contributed by atoms with Crippen LogP contribution in [0.5, 0.6) is 0 Å². The Morgan fingerprint density at radius 1 is 0.947 bits per heavy atom. The topological polar surface area (TPSA) is 131 Å². The minimum atomic E-state index is -0.615. The average molecular weight is 282 g/mol. The Bertz CT molecular complexity index is 815. The van der Waals surface area contributed by atoms with E-state index in [4.69, 9.17) is 0 Å². The van der Waals surface area contributed by atoms with Crippen molar-refractivity contribution >= 4 is 12.6 Å². The van der Waals surface area contributed by atoms with Crippen LogP contribution < -0.4 is 22.5 Å². The molecule has 0 saturated heterocycles. The monoisotopic (exact) mass is 282 g/mol. The van der Waals surface area contributed by atoms with Gasteiger partial charge in [0.25, 0.3) is 11.1 Å². The van der Waals surface area contributed by atoms with Crippen LogP contribution in [-0.2, 0) is 6.42 Å². The Labute approximate surface area is 110 Å². The SMILES string of the molecule is O=c1[nH]cc(CC(S)c2c[nH]c(=O)[nH]c2=O)c(=O)[nH]1. The Morgan fingerprint density at radius 3 is 2.11 bits per heavy atom. The van der Waals surface area contributed by atoms with Gasteiger partial charge in [-0.3, -0.25) is 19.6 Å². The van der Waals surface area contributed by atoms with E-state index in [1.54, 1.807) is 0 Å². The summed E-state index contributed by atoms with van der Waals surface area (Å²) in [5, 5.41) is -0.590. The minimum Gasteiger partial charge on any atom is -0.314 e. The summed E-state index contributed by atoms with van der Waals surface area (Å²) in [4.78, 5) is 53.6. The van der Waals surface area contributed by atoms with Crippen molar-refractivity contribution in [3.63, 3.8) is 0 Å². The molecule has 2 heterocycles. The molecule has 0 saturated carbocycles. The van der Waals surface area contributed by atoms with Crippen LogP contribution >= 0.6 is 12.6 Å². The van der Waals surface area contributed by atoms with Gasteiger partial charge in [0.15, 0.2) is 0 Å². The second kappa shape index (κ2) is 5.14. The van der Waals surface area contributed by atoms with Crippen molar-refractivity contribution in [2.75, 3.05) is 0 Å². The molecule has 2 aromatic rings. The van der Waals surface area contributed by atoms with E-state index in [0.29, 0.717) is 0 Å². The van der Waals surface area contributed by atoms with E-state index < -0.39 is 27.7 Å². The lowest BCUT2D eigenvalue weighted by atomic mass is 10.1. The Balaban J connectivity index is 2.33. The molecule has 0 aliphatic carbocycles. The lowest BCUT2D eigenvalue weighted by Gasteiger charge is -2.08. The third-order valence-corrected chi connectivity index (χ3v) is 2.98. The average Bonchev–Trinajstić information content (AvgIpc) is 2.32. The quantitative estimate of drug-likeness (QED) is 0.445. The van der Waals surface area contributed by atoms with Gasteiger partial charge in [-0.1, -0.05) is 0 Å². The number of nitrogens with one attached hydrogen (secondary N) is 4. The molecule has 0 fully saturated rings. The number of thiol groups is 1. The fourth-order valence-corrected chi connectivity index (χ4v) is 1.96. The van der Waals surface area contributed by atoms with E-state index in [0.717, 1.165) is 0 Å². The zero-order valence-electron chi connectivity index (χ0n) is 9.52. The van der Waals surface area contributed by atoms with Crippen LogP contribution in [0.3, 0.4) is 0 Å². The van der Waals surface area contributed by atoms with E-state index >= 15 is 0 Å². The summed E-state index contributed by atoms with van der Waals surface area (Å²) in [5.74, 6) is 0. The summed E-state index contributed by atoms with van der Waals surface area (Å²) in [6, 6.07) is 0. The van der Waals surface area contributed by atoms with Gasteiger partial charge in [0.05, 0.1) is 0 Å². The van der Waals surface area contributed by atoms with Crippen molar-refractivity contribution in [1.29, 1.82) is 0 Å². The number of aromatic nitrogens is 4. The summed E-state index contributed by atoms with van der Waals surface area (Å²) in [6.07, 6.45) is 2.65. The fourth-order valence-electron chi connectivity index (χ4n) is 1.58. The third-order valence-electron chi connectivity index (χ3n) is 2.52. The van der Waals surface area contributed by atoms with Crippen LogP contribution in [0.25, 0.3) is 0 Å². The summed E-state index contributed by atoms with van der Waals surface area (Å²) in [7, 11) is 0. The van der Waals surface area contributed by atoms with Gasteiger partial charge < -0.3 is 9.97 Å². The number of hydrogen-bond acceptors (Lipinski definition) is 5. The smallest absolute Gasteiger partial charge is 0.314 e. The maximum Gasteiger partial charge on any atom is 0.325 e. The van der Waals surface area contributed by atoms with Gasteiger partial charge in [-0.05, 0) is 6.42 Å². The first-order valence-corrected chi connectivity index (χ1v) is 5.80. The van der Waals surface area contributed by atoms with Crippen LogP contribution in [0.2, 0.25) is 0 Å². The van der Waals surface area contributed by atoms with Gasteiger partial charge in [-0.25, -0.2) is 9.59 Å². The molecule has 0 aliphatic rings. The summed E-state index contributed by atoms with van der Waals surface area (Å²) >= 11 is 4.22. The lowest BCUT2D eigenvalue weighted by Crippen LogP contribution is -2.28. The van der Waals surface area contributed by atoms with Gasteiger partial charge in [0.2, 0.25) is 0 Å². The van der Waals surface area contributed by atoms with Gasteiger partial charge >= 0.3 is 11.4 Å². The first kappa shape index (κ1) is 13.1. The third kappa shape index (κ3) is 2.94. The van der Waals surface area contributed by atoms with Crippen molar-refractivity contribution in [1.82, 2.24) is 19.9 Å². The lowest BCUT2D eigenvalue weighted by molar-refractivity contribution is 0.852. The van der Waals surface area contributed by atoms with Gasteiger partial charge in [-0.2, -0.15) is 12.6 Å². The molecular weight excluding hydrogens is 272 g/mol. The highest BCUT2D eigenvalue weighted by Gasteiger charge is 2.14.